The van der Waals surface area contributed by atoms with E-state index in [2.05, 4.69) is 15.4 Å². The van der Waals surface area contributed by atoms with Crippen molar-refractivity contribution in [3.05, 3.63) is 89.1 Å². The third-order valence-electron chi connectivity index (χ3n) is 6.00. The molecule has 0 bridgehead atoms. The molecule has 0 spiro atoms. The first-order valence-electron chi connectivity index (χ1n) is 10.3. The molecule has 0 unspecified atom stereocenters. The molecule has 5 rings (SSSR count). The number of fused-ring (bicyclic) bond motifs is 3. The Morgan fingerprint density at radius 3 is 2.62 bits per heavy atom. The zero-order valence-electron chi connectivity index (χ0n) is 17.9. The molecule has 1 N–H and O–H groups in total. The Balaban J connectivity index is 1.65. The summed E-state index contributed by atoms with van der Waals surface area (Å²) in [5.74, 6) is -1.01. The van der Waals surface area contributed by atoms with E-state index in [9.17, 15) is 22.4 Å². The summed E-state index contributed by atoms with van der Waals surface area (Å²) >= 11 is 0. The molecule has 1 aliphatic heterocycles. The van der Waals surface area contributed by atoms with Crippen LogP contribution in [0.25, 0.3) is 16.8 Å². The van der Waals surface area contributed by atoms with Crippen LogP contribution in [0.15, 0.2) is 60.9 Å². The van der Waals surface area contributed by atoms with E-state index in [1.165, 1.54) is 42.1 Å². The van der Waals surface area contributed by atoms with Gasteiger partial charge in [0.15, 0.2) is 11.2 Å². The number of methoxy groups -OCH3 is 1. The highest BCUT2D eigenvalue weighted by Crippen LogP contribution is 2.38. The fourth-order valence-corrected chi connectivity index (χ4v) is 4.44. The number of hydrogen-bond donors (Lipinski definition) is 1. The Labute approximate surface area is 191 Å². The van der Waals surface area contributed by atoms with E-state index in [-0.39, 0.29) is 6.42 Å². The Kier molecular flexibility index (Phi) is 5.12. The van der Waals surface area contributed by atoms with E-state index >= 15 is 0 Å². The average molecular weight is 470 g/mol. The molecule has 0 aliphatic carbocycles. The van der Waals surface area contributed by atoms with Crippen molar-refractivity contribution in [1.29, 1.82) is 0 Å². The van der Waals surface area contributed by atoms with Crippen LogP contribution in [0.2, 0.25) is 0 Å². The molecule has 0 radical (unpaired) electrons. The molecule has 2 aromatic heterocycles. The minimum Gasteiger partial charge on any atom is -0.467 e. The molecule has 3 heterocycles. The van der Waals surface area contributed by atoms with Crippen LogP contribution in [-0.4, -0.2) is 27.7 Å². The second kappa shape index (κ2) is 7.91. The van der Waals surface area contributed by atoms with Gasteiger partial charge in [-0.1, -0.05) is 24.3 Å². The maximum Gasteiger partial charge on any atom is 0.416 e. The van der Waals surface area contributed by atoms with E-state index in [1.807, 2.05) is 0 Å². The van der Waals surface area contributed by atoms with Gasteiger partial charge in [-0.25, -0.2) is 18.7 Å². The maximum absolute atomic E-state index is 13.9. The van der Waals surface area contributed by atoms with Crippen molar-refractivity contribution in [3.8, 4) is 11.1 Å². The van der Waals surface area contributed by atoms with E-state index in [4.69, 9.17) is 4.74 Å². The largest absolute Gasteiger partial charge is 0.467 e. The number of benzene rings is 2. The van der Waals surface area contributed by atoms with E-state index in [1.54, 1.807) is 18.3 Å². The van der Waals surface area contributed by atoms with E-state index in [0.717, 1.165) is 12.1 Å². The summed E-state index contributed by atoms with van der Waals surface area (Å²) in [5, 5.41) is 7.62. The summed E-state index contributed by atoms with van der Waals surface area (Å²) in [5.41, 5.74) is 1.03. The van der Waals surface area contributed by atoms with E-state index < -0.39 is 29.1 Å². The number of alkyl halides is 3. The zero-order chi connectivity index (χ0) is 24.1. The van der Waals surface area contributed by atoms with Gasteiger partial charge in [0, 0.05) is 30.3 Å². The Morgan fingerprint density at radius 2 is 1.94 bits per heavy atom. The van der Waals surface area contributed by atoms with Crippen molar-refractivity contribution >= 4 is 11.6 Å². The van der Waals surface area contributed by atoms with Crippen molar-refractivity contribution in [3.63, 3.8) is 0 Å². The third kappa shape index (κ3) is 3.50. The number of halogens is 4. The summed E-state index contributed by atoms with van der Waals surface area (Å²) < 4.78 is 59.4. The summed E-state index contributed by atoms with van der Waals surface area (Å²) in [6.07, 6.45) is -1.25. The molecule has 0 amide bonds. The highest BCUT2D eigenvalue weighted by atomic mass is 19.4. The fourth-order valence-electron chi connectivity index (χ4n) is 4.44. The standard InChI is InChI=1S/C24H18F4N4O2/c1-34-22(33)23(10-14-3-2-4-18(25)9-14)20-16(12-30-23)11-29-21-19(13-31-32(20)21)15-5-7-17(8-6-15)24(26,27)28/h2-9,11,13,30H,10,12H2,1H3/t23-/m0/s1. The lowest BCUT2D eigenvalue weighted by Crippen LogP contribution is -2.48. The van der Waals surface area contributed by atoms with Crippen molar-refractivity contribution < 1.29 is 27.1 Å². The Hall–Kier alpha value is -3.79. The smallest absolute Gasteiger partial charge is 0.416 e. The van der Waals surface area contributed by atoms with Gasteiger partial charge in [-0.15, -0.1) is 0 Å². The number of nitrogens with one attached hydrogen (secondary N) is 1. The lowest BCUT2D eigenvalue weighted by molar-refractivity contribution is -0.149. The summed E-state index contributed by atoms with van der Waals surface area (Å²) in [6.45, 7) is 0.304. The maximum atomic E-state index is 13.9. The third-order valence-corrected chi connectivity index (χ3v) is 6.00. The highest BCUT2D eigenvalue weighted by molar-refractivity contribution is 5.85. The monoisotopic (exact) mass is 470 g/mol. The molecule has 174 valence electrons. The van der Waals surface area contributed by atoms with Crippen LogP contribution >= 0.6 is 0 Å². The number of aromatic nitrogens is 3. The molecule has 0 saturated heterocycles. The van der Waals surface area contributed by atoms with Gasteiger partial charge in [-0.2, -0.15) is 18.3 Å². The molecule has 34 heavy (non-hydrogen) atoms. The zero-order valence-corrected chi connectivity index (χ0v) is 17.9. The lowest BCUT2D eigenvalue weighted by Gasteiger charge is -2.28. The van der Waals surface area contributed by atoms with Crippen LogP contribution in [0.5, 0.6) is 0 Å². The second-order valence-corrected chi connectivity index (χ2v) is 8.06. The number of carbonyl (C=O) groups is 1. The minimum atomic E-state index is -4.44. The van der Waals surface area contributed by atoms with Gasteiger partial charge in [-0.3, -0.25) is 5.32 Å². The molecule has 0 saturated carbocycles. The van der Waals surface area contributed by atoms with Crippen molar-refractivity contribution in [1.82, 2.24) is 19.9 Å². The van der Waals surface area contributed by atoms with E-state index in [0.29, 0.717) is 40.1 Å². The lowest BCUT2D eigenvalue weighted by atomic mass is 9.88. The predicted molar refractivity (Wildman–Crippen MR) is 114 cm³/mol. The number of ether oxygens (including phenoxy) is 1. The SMILES string of the molecule is COC(=O)[C@@]1(Cc2cccc(F)c2)NCc2cnc3c(-c4ccc(C(F)(F)F)cc4)cnn3c21. The van der Waals surface area contributed by atoms with Crippen molar-refractivity contribution in [2.75, 3.05) is 7.11 Å². The minimum absolute atomic E-state index is 0.0962. The second-order valence-electron chi connectivity index (χ2n) is 8.06. The van der Waals surface area contributed by atoms with Gasteiger partial charge in [0.2, 0.25) is 0 Å². The van der Waals surface area contributed by atoms with Crippen LogP contribution in [0.4, 0.5) is 17.6 Å². The first-order chi connectivity index (χ1) is 16.2. The quantitative estimate of drug-likeness (QED) is 0.357. The van der Waals surface area contributed by atoms with Gasteiger partial charge in [0.1, 0.15) is 5.82 Å². The van der Waals surface area contributed by atoms with Gasteiger partial charge in [0.05, 0.1) is 24.6 Å². The van der Waals surface area contributed by atoms with Crippen LogP contribution in [-0.2, 0) is 34.2 Å². The molecular formula is C24H18F4N4O2. The summed E-state index contributed by atoms with van der Waals surface area (Å²) in [6, 6.07) is 10.6. The van der Waals surface area contributed by atoms with Crippen LogP contribution < -0.4 is 5.32 Å². The molecule has 0 fully saturated rings. The van der Waals surface area contributed by atoms with Crippen molar-refractivity contribution in [2.45, 2.75) is 24.7 Å². The molecular weight excluding hydrogens is 452 g/mol. The number of carbonyl (C=O) groups excluding carboxylic acids is 1. The molecule has 6 nitrogen and oxygen atoms in total. The fraction of sp³-hybridized carbons (Fsp3) is 0.208. The average Bonchev–Trinajstić information content (AvgIpc) is 3.40. The Bertz CT molecular complexity index is 1400. The van der Waals surface area contributed by atoms with Gasteiger partial charge < -0.3 is 4.74 Å². The summed E-state index contributed by atoms with van der Waals surface area (Å²) in [7, 11) is 1.27. The number of hydrogen-bond acceptors (Lipinski definition) is 5. The first kappa shape index (κ1) is 22.0. The Morgan fingerprint density at radius 1 is 1.18 bits per heavy atom. The topological polar surface area (TPSA) is 68.5 Å². The molecule has 10 heteroatoms. The normalized spacial score (nSPS) is 17.7. The molecule has 1 aliphatic rings. The molecule has 1 atom stereocenters. The first-order valence-corrected chi connectivity index (χ1v) is 10.3. The van der Waals surface area contributed by atoms with Gasteiger partial charge in [0.25, 0.3) is 0 Å². The van der Waals surface area contributed by atoms with Gasteiger partial charge in [-0.05, 0) is 35.4 Å². The molecule has 2 aromatic carbocycles. The predicted octanol–water partition coefficient (Wildman–Crippen LogP) is 4.27. The number of rotatable bonds is 4. The van der Waals surface area contributed by atoms with Crippen LogP contribution in [0.1, 0.15) is 22.4 Å². The summed E-state index contributed by atoms with van der Waals surface area (Å²) in [4.78, 5) is 17.6. The molecule has 4 aromatic rings. The van der Waals surface area contributed by atoms with Gasteiger partial charge >= 0.3 is 12.1 Å². The van der Waals surface area contributed by atoms with Crippen molar-refractivity contribution in [2.24, 2.45) is 0 Å². The highest BCUT2D eigenvalue weighted by Gasteiger charge is 2.49. The van der Waals surface area contributed by atoms with Crippen LogP contribution in [0.3, 0.4) is 0 Å². The van der Waals surface area contributed by atoms with Crippen LogP contribution in [0, 0.1) is 5.82 Å². The number of esters is 1. The number of nitrogens with zero attached hydrogens (tertiary/aromatic N) is 3.